The predicted molar refractivity (Wildman–Crippen MR) is 132 cm³/mol. The van der Waals surface area contributed by atoms with Gasteiger partial charge in [0.05, 0.1) is 22.9 Å². The summed E-state index contributed by atoms with van der Waals surface area (Å²) >= 11 is 9.50. The maximum Gasteiger partial charge on any atom is 0.272 e. The molecule has 0 aliphatic heterocycles. The van der Waals surface area contributed by atoms with Crippen molar-refractivity contribution in [1.82, 2.24) is 9.97 Å². The Morgan fingerprint density at radius 2 is 1.91 bits per heavy atom. The smallest absolute Gasteiger partial charge is 0.272 e. The van der Waals surface area contributed by atoms with Crippen LogP contribution < -0.4 is 9.64 Å². The number of benzene rings is 2. The molecule has 1 amide bonds. The molecule has 0 unspecified atom stereocenters. The maximum absolute atomic E-state index is 13.8. The summed E-state index contributed by atoms with van der Waals surface area (Å²) in [7, 11) is 0. The first-order valence-electron chi connectivity index (χ1n) is 10.1. The van der Waals surface area contributed by atoms with E-state index in [-0.39, 0.29) is 5.91 Å². The van der Waals surface area contributed by atoms with Gasteiger partial charge in [0, 0.05) is 22.5 Å². The Balaban J connectivity index is 1.62. The minimum atomic E-state index is -0.183. The number of para-hydroxylation sites is 1. The lowest BCUT2D eigenvalue weighted by molar-refractivity contribution is 0.0989. The van der Waals surface area contributed by atoms with E-state index in [9.17, 15) is 4.79 Å². The summed E-state index contributed by atoms with van der Waals surface area (Å²) in [5, 5.41) is 1.95. The zero-order chi connectivity index (χ0) is 22.1. The summed E-state index contributed by atoms with van der Waals surface area (Å²) in [4.78, 5) is 25.0. The van der Waals surface area contributed by atoms with Gasteiger partial charge in [0.25, 0.3) is 5.91 Å². The van der Waals surface area contributed by atoms with Crippen LogP contribution >= 0.6 is 34.3 Å². The average Bonchev–Trinajstić information content (AvgIpc) is 3.40. The number of halogens is 1. The topological polar surface area (TPSA) is 55.3 Å². The molecule has 8 heteroatoms. The van der Waals surface area contributed by atoms with E-state index < -0.39 is 0 Å². The second-order valence-corrected chi connectivity index (χ2v) is 9.47. The van der Waals surface area contributed by atoms with E-state index >= 15 is 0 Å². The molecule has 5 aromatic rings. The van der Waals surface area contributed by atoms with E-state index in [4.69, 9.17) is 21.3 Å². The van der Waals surface area contributed by atoms with Gasteiger partial charge >= 0.3 is 0 Å². The van der Waals surface area contributed by atoms with Crippen molar-refractivity contribution in [3.63, 3.8) is 0 Å². The van der Waals surface area contributed by atoms with Crippen LogP contribution in [0.4, 0.5) is 5.13 Å². The molecule has 2 aromatic carbocycles. The zero-order valence-electron chi connectivity index (χ0n) is 17.1. The summed E-state index contributed by atoms with van der Waals surface area (Å²) in [6.07, 6.45) is 3.47. The lowest BCUT2D eigenvalue weighted by Gasteiger charge is -2.19. The van der Waals surface area contributed by atoms with Crippen molar-refractivity contribution in [2.24, 2.45) is 0 Å². The van der Waals surface area contributed by atoms with Crippen LogP contribution in [0, 0.1) is 0 Å². The zero-order valence-corrected chi connectivity index (χ0v) is 19.5. The first-order valence-corrected chi connectivity index (χ1v) is 12.1. The van der Waals surface area contributed by atoms with Crippen LogP contribution in [0.5, 0.6) is 5.75 Å². The van der Waals surface area contributed by atoms with Gasteiger partial charge in [0.2, 0.25) is 0 Å². The Morgan fingerprint density at radius 1 is 1.06 bits per heavy atom. The molecule has 0 atom stereocenters. The number of ether oxygens (including phenoxy) is 1. The lowest BCUT2D eigenvalue weighted by Crippen LogP contribution is -2.30. The molecule has 0 fully saturated rings. The minimum absolute atomic E-state index is 0.183. The molecule has 3 heterocycles. The molecule has 160 valence electrons. The van der Waals surface area contributed by atoms with Crippen LogP contribution in [0.15, 0.2) is 67.0 Å². The van der Waals surface area contributed by atoms with Crippen molar-refractivity contribution >= 4 is 65.6 Å². The fourth-order valence-electron chi connectivity index (χ4n) is 3.47. The van der Waals surface area contributed by atoms with Crippen LogP contribution in [0.2, 0.25) is 5.02 Å². The Morgan fingerprint density at radius 3 is 2.69 bits per heavy atom. The summed E-state index contributed by atoms with van der Waals surface area (Å²) in [5.41, 5.74) is 1.66. The summed E-state index contributed by atoms with van der Waals surface area (Å²) < 4.78 is 7.68. The minimum Gasteiger partial charge on any atom is -0.492 e. The van der Waals surface area contributed by atoms with Crippen LogP contribution in [-0.4, -0.2) is 22.5 Å². The number of anilines is 1. The van der Waals surface area contributed by atoms with Crippen molar-refractivity contribution in [3.8, 4) is 5.75 Å². The molecule has 32 heavy (non-hydrogen) atoms. The normalized spacial score (nSPS) is 11.2. The van der Waals surface area contributed by atoms with Gasteiger partial charge in [-0.15, -0.1) is 11.3 Å². The largest absolute Gasteiger partial charge is 0.492 e. The van der Waals surface area contributed by atoms with Gasteiger partial charge in [-0.05, 0) is 36.8 Å². The highest BCUT2D eigenvalue weighted by Gasteiger charge is 2.27. The Kier molecular flexibility index (Phi) is 5.78. The highest BCUT2D eigenvalue weighted by atomic mass is 35.5. The van der Waals surface area contributed by atoms with E-state index in [1.807, 2.05) is 61.5 Å². The third-order valence-electron chi connectivity index (χ3n) is 4.94. The summed E-state index contributed by atoms with van der Waals surface area (Å²) in [6.45, 7) is 2.82. The molecular formula is C24H18ClN3O2S2. The quantitative estimate of drug-likeness (QED) is 0.268. The van der Waals surface area contributed by atoms with Gasteiger partial charge in [-0.25, -0.2) is 4.98 Å². The number of pyridine rings is 1. The van der Waals surface area contributed by atoms with Crippen molar-refractivity contribution in [1.29, 1.82) is 0 Å². The van der Waals surface area contributed by atoms with E-state index in [1.165, 1.54) is 22.7 Å². The standard InChI is InChI=1S/C24H18ClN3O2S2/c1-2-30-17-9-5-11-19-21(17)27-24(32-19)28(14-15-7-6-12-26-13-15)23(29)22-20(25)16-8-3-4-10-18(16)31-22/h3-13H,2,14H2,1H3. The predicted octanol–water partition coefficient (Wildman–Crippen LogP) is 6.81. The monoisotopic (exact) mass is 479 g/mol. The van der Waals surface area contributed by atoms with Crippen molar-refractivity contribution in [2.75, 3.05) is 11.5 Å². The second kappa shape index (κ2) is 8.86. The molecular weight excluding hydrogens is 462 g/mol. The first kappa shape index (κ1) is 20.9. The molecule has 0 spiro atoms. The van der Waals surface area contributed by atoms with Crippen molar-refractivity contribution < 1.29 is 9.53 Å². The Hall–Kier alpha value is -3.00. The fourth-order valence-corrected chi connectivity index (χ4v) is 5.92. The number of fused-ring (bicyclic) bond motifs is 2. The van der Waals surface area contributed by atoms with Crippen LogP contribution in [0.25, 0.3) is 20.3 Å². The van der Waals surface area contributed by atoms with Gasteiger partial charge in [-0.2, -0.15) is 0 Å². The van der Waals surface area contributed by atoms with Crippen molar-refractivity contribution in [3.05, 3.63) is 82.5 Å². The molecule has 3 aromatic heterocycles. The number of hydrogen-bond donors (Lipinski definition) is 0. The summed E-state index contributed by atoms with van der Waals surface area (Å²) in [6, 6.07) is 17.4. The first-order chi connectivity index (χ1) is 15.7. The Labute approximate surface area is 197 Å². The van der Waals surface area contributed by atoms with Crippen LogP contribution in [0.3, 0.4) is 0 Å². The molecule has 0 bridgehead atoms. The van der Waals surface area contributed by atoms with E-state index in [1.54, 1.807) is 17.3 Å². The van der Waals surface area contributed by atoms with Gasteiger partial charge in [0.1, 0.15) is 16.1 Å². The number of rotatable bonds is 6. The number of thiophene rings is 1. The third kappa shape index (κ3) is 3.83. The van der Waals surface area contributed by atoms with Crippen LogP contribution in [-0.2, 0) is 6.54 Å². The summed E-state index contributed by atoms with van der Waals surface area (Å²) in [5.74, 6) is 0.526. The molecule has 0 radical (unpaired) electrons. The molecule has 5 rings (SSSR count). The van der Waals surface area contributed by atoms with Crippen LogP contribution in [0.1, 0.15) is 22.2 Å². The molecule has 0 saturated carbocycles. The second-order valence-electron chi connectivity index (χ2n) is 7.03. The highest BCUT2D eigenvalue weighted by molar-refractivity contribution is 7.23. The number of nitrogens with zero attached hydrogens (tertiary/aromatic N) is 3. The van der Waals surface area contributed by atoms with E-state index in [0.717, 1.165) is 25.9 Å². The maximum atomic E-state index is 13.8. The number of amides is 1. The number of carbonyl (C=O) groups excluding carboxylic acids is 1. The number of aromatic nitrogens is 2. The molecule has 0 aliphatic carbocycles. The van der Waals surface area contributed by atoms with Gasteiger partial charge in [0.15, 0.2) is 5.13 Å². The molecule has 5 nitrogen and oxygen atoms in total. The van der Waals surface area contributed by atoms with E-state index in [2.05, 4.69) is 4.98 Å². The van der Waals surface area contributed by atoms with E-state index in [0.29, 0.717) is 33.9 Å². The fraction of sp³-hybridized carbons (Fsp3) is 0.125. The Bertz CT molecular complexity index is 1420. The van der Waals surface area contributed by atoms with Gasteiger partial charge < -0.3 is 4.74 Å². The molecule has 0 N–H and O–H groups in total. The van der Waals surface area contributed by atoms with Gasteiger partial charge in [-0.1, -0.05) is 53.3 Å². The SMILES string of the molecule is CCOc1cccc2sc(N(Cc3cccnc3)C(=O)c3sc4ccccc4c3Cl)nc12. The number of thiazole rings is 1. The lowest BCUT2D eigenvalue weighted by atomic mass is 10.2. The third-order valence-corrected chi connectivity index (χ3v) is 7.65. The van der Waals surface area contributed by atoms with Crippen molar-refractivity contribution in [2.45, 2.75) is 13.5 Å². The highest BCUT2D eigenvalue weighted by Crippen LogP contribution is 2.39. The average molecular weight is 480 g/mol. The molecule has 0 saturated heterocycles. The molecule has 0 aliphatic rings. The van der Waals surface area contributed by atoms with Gasteiger partial charge in [-0.3, -0.25) is 14.7 Å². The number of hydrogen-bond acceptors (Lipinski definition) is 6. The number of carbonyl (C=O) groups is 1.